The fraction of sp³-hybridized carbons (Fsp3) is 0.100. The van der Waals surface area contributed by atoms with E-state index in [4.69, 9.17) is 8.37 Å². The normalized spacial score (nSPS) is 11.6. The molecule has 0 spiro atoms. The molecule has 0 fully saturated rings. The summed E-state index contributed by atoms with van der Waals surface area (Å²) < 4.78 is 59.4. The van der Waals surface area contributed by atoms with Crippen molar-refractivity contribution in [2.75, 3.05) is 6.61 Å². The van der Waals surface area contributed by atoms with Gasteiger partial charge in [-0.25, -0.2) is 0 Å². The van der Waals surface area contributed by atoms with Crippen LogP contribution >= 0.6 is 0 Å². The molecule has 0 aliphatic heterocycles. The van der Waals surface area contributed by atoms with Gasteiger partial charge in [-0.05, 0) is 36.2 Å². The number of benzene rings is 3. The molecule has 0 saturated carbocycles. The van der Waals surface area contributed by atoms with Crippen LogP contribution in [0.25, 0.3) is 0 Å². The molecule has 3 rings (SSSR count). The number of hydrogen-bond donors (Lipinski definition) is 0. The number of nitro benzene ring substituents is 2. The van der Waals surface area contributed by atoms with Crippen molar-refractivity contribution in [3.05, 3.63) is 98.6 Å². The lowest BCUT2D eigenvalue weighted by Crippen LogP contribution is -2.12. The first kappa shape index (κ1) is 24.8. The first-order valence-electron chi connectivity index (χ1n) is 9.41. The largest absolute Gasteiger partial charge is 0.379 e. The van der Waals surface area contributed by atoms with Crippen molar-refractivity contribution < 1.29 is 35.0 Å². The van der Waals surface area contributed by atoms with E-state index in [1.54, 1.807) is 0 Å². The maximum atomic E-state index is 12.4. The molecule has 3 aromatic carbocycles. The Bertz CT molecular complexity index is 1440. The van der Waals surface area contributed by atoms with Crippen LogP contribution in [0, 0.1) is 20.2 Å². The molecule has 0 saturated heterocycles. The molecule has 0 amide bonds. The van der Waals surface area contributed by atoms with E-state index in [0.29, 0.717) is 5.56 Å². The van der Waals surface area contributed by atoms with Crippen LogP contribution in [0.5, 0.6) is 5.75 Å². The summed E-state index contributed by atoms with van der Waals surface area (Å²) in [6.45, 7) is -0.330. The van der Waals surface area contributed by atoms with Gasteiger partial charge in [0, 0.05) is 12.1 Å². The molecule has 0 aromatic heterocycles. The van der Waals surface area contributed by atoms with E-state index in [9.17, 15) is 37.1 Å². The van der Waals surface area contributed by atoms with E-state index in [2.05, 4.69) is 0 Å². The van der Waals surface area contributed by atoms with Gasteiger partial charge in [0.1, 0.15) is 5.75 Å². The van der Waals surface area contributed by atoms with Crippen molar-refractivity contribution in [2.45, 2.75) is 16.2 Å². The molecule has 0 aliphatic rings. The lowest BCUT2D eigenvalue weighted by atomic mass is 10.2. The van der Waals surface area contributed by atoms with Crippen molar-refractivity contribution in [1.29, 1.82) is 0 Å². The average Bonchev–Trinajstić information content (AvgIpc) is 2.80. The Hall–Kier alpha value is -3.88. The number of para-hydroxylation sites is 2. The van der Waals surface area contributed by atoms with E-state index in [1.807, 2.05) is 0 Å². The smallest absolute Gasteiger partial charge is 0.346 e. The first-order chi connectivity index (χ1) is 16.0. The van der Waals surface area contributed by atoms with Crippen LogP contribution in [-0.4, -0.2) is 33.3 Å². The number of nitro groups is 2. The molecular formula is C20H16N2O10S2. The molecule has 0 radical (unpaired) electrons. The lowest BCUT2D eigenvalue weighted by Gasteiger charge is -2.09. The molecular weight excluding hydrogens is 492 g/mol. The second kappa shape index (κ2) is 9.94. The maximum absolute atomic E-state index is 12.4. The Morgan fingerprint density at radius 2 is 1.15 bits per heavy atom. The second-order valence-electron chi connectivity index (χ2n) is 6.66. The Balaban J connectivity index is 1.66. The average molecular weight is 508 g/mol. The van der Waals surface area contributed by atoms with Crippen molar-refractivity contribution in [1.82, 2.24) is 0 Å². The highest BCUT2D eigenvalue weighted by Gasteiger charge is 2.27. The van der Waals surface area contributed by atoms with Gasteiger partial charge in [-0.1, -0.05) is 36.4 Å². The monoisotopic (exact) mass is 508 g/mol. The summed E-state index contributed by atoms with van der Waals surface area (Å²) in [6.07, 6.45) is 0.0804. The Labute approximate surface area is 193 Å². The summed E-state index contributed by atoms with van der Waals surface area (Å²) in [4.78, 5) is 19.3. The maximum Gasteiger partial charge on any atom is 0.346 e. The first-order valence-corrected chi connectivity index (χ1v) is 12.2. The standard InChI is InChI=1S/C20H16N2O10S2/c23-21(24)17-5-1-3-7-19(17)33(27,28)31-14-13-15-9-11-16(12-10-15)32-34(29,30)20-8-4-2-6-18(20)22(25)26/h1-12H,13-14H2. The van der Waals surface area contributed by atoms with Crippen LogP contribution in [-0.2, 0) is 30.8 Å². The van der Waals surface area contributed by atoms with E-state index in [-0.39, 0.29) is 18.8 Å². The highest BCUT2D eigenvalue weighted by atomic mass is 32.2. The fourth-order valence-corrected chi connectivity index (χ4v) is 5.03. The van der Waals surface area contributed by atoms with Crippen molar-refractivity contribution in [3.63, 3.8) is 0 Å². The zero-order valence-corrected chi connectivity index (χ0v) is 18.8. The van der Waals surface area contributed by atoms with Gasteiger partial charge in [-0.15, -0.1) is 0 Å². The zero-order chi connectivity index (χ0) is 24.9. The number of rotatable bonds is 10. The molecule has 0 bridgehead atoms. The number of nitrogens with zero attached hydrogens (tertiary/aromatic N) is 2. The summed E-state index contributed by atoms with van der Waals surface area (Å²) in [5.74, 6) is -0.115. The molecule has 0 aliphatic carbocycles. The predicted molar refractivity (Wildman–Crippen MR) is 117 cm³/mol. The van der Waals surface area contributed by atoms with E-state index in [0.717, 1.165) is 24.3 Å². The molecule has 0 heterocycles. The van der Waals surface area contributed by atoms with Gasteiger partial charge < -0.3 is 4.18 Å². The van der Waals surface area contributed by atoms with Gasteiger partial charge in [0.2, 0.25) is 0 Å². The molecule has 0 atom stereocenters. The van der Waals surface area contributed by atoms with Crippen LogP contribution in [0.3, 0.4) is 0 Å². The van der Waals surface area contributed by atoms with E-state index >= 15 is 0 Å². The molecule has 0 unspecified atom stereocenters. The molecule has 14 heteroatoms. The quantitative estimate of drug-likeness (QED) is 0.225. The van der Waals surface area contributed by atoms with Crippen LogP contribution in [0.1, 0.15) is 5.56 Å². The van der Waals surface area contributed by atoms with E-state index in [1.165, 1.54) is 48.5 Å². The topological polar surface area (TPSA) is 173 Å². The third-order valence-corrected chi connectivity index (χ3v) is 7.08. The fourth-order valence-electron chi connectivity index (χ4n) is 2.85. The summed E-state index contributed by atoms with van der Waals surface area (Å²) in [5.41, 5.74) is -0.687. The second-order valence-corrected chi connectivity index (χ2v) is 9.76. The van der Waals surface area contributed by atoms with Gasteiger partial charge in [-0.2, -0.15) is 16.8 Å². The minimum Gasteiger partial charge on any atom is -0.379 e. The molecule has 0 N–H and O–H groups in total. The summed E-state index contributed by atoms with van der Waals surface area (Å²) in [5, 5.41) is 22.1. The molecule has 12 nitrogen and oxygen atoms in total. The summed E-state index contributed by atoms with van der Waals surface area (Å²) in [6, 6.07) is 15.0. The van der Waals surface area contributed by atoms with E-state index < -0.39 is 51.2 Å². The van der Waals surface area contributed by atoms with Gasteiger partial charge >= 0.3 is 20.2 Å². The number of hydrogen-bond acceptors (Lipinski definition) is 10. The molecule has 34 heavy (non-hydrogen) atoms. The minimum atomic E-state index is -4.48. The molecule has 3 aromatic rings. The minimum absolute atomic E-state index is 0.0804. The van der Waals surface area contributed by atoms with Crippen LogP contribution in [0.2, 0.25) is 0 Å². The summed E-state index contributed by atoms with van der Waals surface area (Å²) in [7, 11) is -8.86. The van der Waals surface area contributed by atoms with Crippen LogP contribution in [0.4, 0.5) is 11.4 Å². The van der Waals surface area contributed by atoms with Crippen molar-refractivity contribution in [3.8, 4) is 5.75 Å². The van der Waals surface area contributed by atoms with Gasteiger partial charge in [0.05, 0.1) is 16.5 Å². The highest BCUT2D eigenvalue weighted by Crippen LogP contribution is 2.27. The van der Waals surface area contributed by atoms with Gasteiger partial charge in [-0.3, -0.25) is 24.4 Å². The third kappa shape index (κ3) is 5.72. The third-order valence-electron chi connectivity index (χ3n) is 4.42. The van der Waals surface area contributed by atoms with Gasteiger partial charge in [0.25, 0.3) is 11.4 Å². The van der Waals surface area contributed by atoms with Gasteiger partial charge in [0.15, 0.2) is 9.79 Å². The van der Waals surface area contributed by atoms with Crippen molar-refractivity contribution in [2.24, 2.45) is 0 Å². The lowest BCUT2D eigenvalue weighted by molar-refractivity contribution is -0.388. The summed E-state index contributed by atoms with van der Waals surface area (Å²) >= 11 is 0. The highest BCUT2D eigenvalue weighted by molar-refractivity contribution is 7.87. The Morgan fingerprint density at radius 1 is 0.676 bits per heavy atom. The van der Waals surface area contributed by atoms with Crippen molar-refractivity contribution >= 4 is 31.6 Å². The molecule has 178 valence electrons. The van der Waals surface area contributed by atoms with Crippen LogP contribution in [0.15, 0.2) is 82.6 Å². The Kier molecular flexibility index (Phi) is 7.24. The predicted octanol–water partition coefficient (Wildman–Crippen LogP) is 3.22. The SMILES string of the molecule is O=[N+]([O-])c1ccccc1S(=O)(=O)OCCc1ccc(OS(=O)(=O)c2ccccc2[N+](=O)[O-])cc1. The zero-order valence-electron chi connectivity index (χ0n) is 17.1. The van der Waals surface area contributed by atoms with Crippen LogP contribution < -0.4 is 4.18 Å². The Morgan fingerprint density at radius 3 is 1.65 bits per heavy atom.